The standard InChI is InChI=1S/C14H32O3Si/c1-8-12-14(6,7)13(5)18(15-9-2,16-10-3)17-11-4/h13H,8-12H2,1-7H3. The van der Waals surface area contributed by atoms with Gasteiger partial charge in [0.25, 0.3) is 0 Å². The van der Waals surface area contributed by atoms with Gasteiger partial charge < -0.3 is 13.3 Å². The molecule has 1 unspecified atom stereocenters. The molecule has 0 aliphatic carbocycles. The summed E-state index contributed by atoms with van der Waals surface area (Å²) in [5, 5.41) is 0. The van der Waals surface area contributed by atoms with Gasteiger partial charge in [-0.15, -0.1) is 0 Å². The summed E-state index contributed by atoms with van der Waals surface area (Å²) in [6, 6.07) is 0. The first-order chi connectivity index (χ1) is 8.40. The van der Waals surface area contributed by atoms with Crippen LogP contribution in [0.4, 0.5) is 0 Å². The van der Waals surface area contributed by atoms with Crippen LogP contribution >= 0.6 is 0 Å². The highest BCUT2D eigenvalue weighted by Crippen LogP contribution is 2.43. The van der Waals surface area contributed by atoms with E-state index >= 15 is 0 Å². The third-order valence-corrected chi connectivity index (χ3v) is 7.55. The van der Waals surface area contributed by atoms with Gasteiger partial charge in [-0.2, -0.15) is 0 Å². The van der Waals surface area contributed by atoms with Crippen LogP contribution < -0.4 is 0 Å². The van der Waals surface area contributed by atoms with Crippen LogP contribution in [-0.2, 0) is 13.3 Å². The largest absolute Gasteiger partial charge is 0.504 e. The highest BCUT2D eigenvalue weighted by Gasteiger charge is 2.52. The molecule has 0 N–H and O–H groups in total. The minimum absolute atomic E-state index is 0.181. The van der Waals surface area contributed by atoms with Gasteiger partial charge in [0, 0.05) is 25.4 Å². The second kappa shape index (κ2) is 8.30. The lowest BCUT2D eigenvalue weighted by Gasteiger charge is -2.41. The van der Waals surface area contributed by atoms with Gasteiger partial charge in [-0.05, 0) is 32.6 Å². The first-order valence-corrected chi connectivity index (χ1v) is 9.12. The first kappa shape index (κ1) is 18.1. The average Bonchev–Trinajstić information content (AvgIpc) is 2.29. The molecule has 0 amide bonds. The van der Waals surface area contributed by atoms with E-state index in [4.69, 9.17) is 13.3 Å². The van der Waals surface area contributed by atoms with Crippen LogP contribution in [0.25, 0.3) is 0 Å². The minimum atomic E-state index is -2.57. The first-order valence-electron chi connectivity index (χ1n) is 7.32. The number of hydrogen-bond donors (Lipinski definition) is 0. The maximum atomic E-state index is 6.00. The van der Waals surface area contributed by atoms with Gasteiger partial charge in [0.2, 0.25) is 0 Å². The fourth-order valence-corrected chi connectivity index (χ4v) is 5.75. The highest BCUT2D eigenvalue weighted by molar-refractivity contribution is 6.62. The SMILES string of the molecule is CCCC(C)(C)C(C)[Si](OCC)(OCC)OCC. The normalized spacial score (nSPS) is 14.8. The molecule has 0 heterocycles. The van der Waals surface area contributed by atoms with Crippen LogP contribution in [-0.4, -0.2) is 28.6 Å². The van der Waals surface area contributed by atoms with Gasteiger partial charge >= 0.3 is 8.80 Å². The third kappa shape index (κ3) is 4.65. The quantitative estimate of drug-likeness (QED) is 0.558. The van der Waals surface area contributed by atoms with Gasteiger partial charge in [-0.3, -0.25) is 0 Å². The van der Waals surface area contributed by atoms with Crippen LogP contribution in [0, 0.1) is 5.41 Å². The fraction of sp³-hybridized carbons (Fsp3) is 1.00. The van der Waals surface area contributed by atoms with Crippen molar-refractivity contribution in [3.63, 3.8) is 0 Å². The molecule has 0 fully saturated rings. The minimum Gasteiger partial charge on any atom is -0.374 e. The summed E-state index contributed by atoms with van der Waals surface area (Å²) < 4.78 is 18.0. The zero-order valence-electron chi connectivity index (χ0n) is 13.3. The Kier molecular flexibility index (Phi) is 8.35. The molecule has 0 aromatic rings. The van der Waals surface area contributed by atoms with Gasteiger partial charge in [-0.25, -0.2) is 0 Å². The molecule has 0 bridgehead atoms. The lowest BCUT2D eigenvalue weighted by Crippen LogP contribution is -2.53. The Morgan fingerprint density at radius 3 is 1.56 bits per heavy atom. The molecule has 0 aromatic heterocycles. The maximum Gasteiger partial charge on any atom is 0.504 e. The van der Waals surface area contributed by atoms with E-state index in [0.29, 0.717) is 25.4 Å². The molecule has 1 atom stereocenters. The molecule has 110 valence electrons. The van der Waals surface area contributed by atoms with Crippen molar-refractivity contribution < 1.29 is 13.3 Å². The molecular weight excluding hydrogens is 244 g/mol. The summed E-state index contributed by atoms with van der Waals surface area (Å²) in [6.45, 7) is 17.0. The lowest BCUT2D eigenvalue weighted by molar-refractivity contribution is 0.0456. The average molecular weight is 276 g/mol. The number of hydrogen-bond acceptors (Lipinski definition) is 3. The number of rotatable bonds is 10. The summed E-state index contributed by atoms with van der Waals surface area (Å²) in [7, 11) is -2.57. The molecule has 0 spiro atoms. The van der Waals surface area contributed by atoms with Crippen molar-refractivity contribution >= 4 is 8.80 Å². The molecule has 3 nitrogen and oxygen atoms in total. The lowest BCUT2D eigenvalue weighted by atomic mass is 9.85. The van der Waals surface area contributed by atoms with E-state index in [9.17, 15) is 0 Å². The van der Waals surface area contributed by atoms with E-state index in [0.717, 1.165) is 6.42 Å². The molecule has 0 aliphatic rings. The predicted octanol–water partition coefficient (Wildman–Crippen LogP) is 4.25. The molecule has 0 saturated heterocycles. The Morgan fingerprint density at radius 2 is 1.28 bits per heavy atom. The zero-order valence-corrected chi connectivity index (χ0v) is 14.3. The summed E-state index contributed by atoms with van der Waals surface area (Å²) in [6.07, 6.45) is 2.34. The van der Waals surface area contributed by atoms with Crippen molar-refractivity contribution in [2.45, 2.75) is 66.8 Å². The Labute approximate surface area is 115 Å². The summed E-state index contributed by atoms with van der Waals surface area (Å²) in [4.78, 5) is 0. The van der Waals surface area contributed by atoms with Gasteiger partial charge in [0.15, 0.2) is 0 Å². The van der Waals surface area contributed by atoms with E-state index in [2.05, 4.69) is 27.7 Å². The Hall–Kier alpha value is 0.0969. The van der Waals surface area contributed by atoms with Crippen LogP contribution in [0.5, 0.6) is 0 Å². The summed E-state index contributed by atoms with van der Waals surface area (Å²) in [5.74, 6) is 0. The van der Waals surface area contributed by atoms with Crippen molar-refractivity contribution in [1.29, 1.82) is 0 Å². The van der Waals surface area contributed by atoms with Gasteiger partial charge in [0.1, 0.15) is 0 Å². The van der Waals surface area contributed by atoms with Gasteiger partial charge in [0.05, 0.1) is 0 Å². The van der Waals surface area contributed by atoms with Crippen molar-refractivity contribution in [3.8, 4) is 0 Å². The second-order valence-corrected chi connectivity index (χ2v) is 8.30. The van der Waals surface area contributed by atoms with Crippen LogP contribution in [0.1, 0.15) is 61.3 Å². The predicted molar refractivity (Wildman–Crippen MR) is 78.7 cm³/mol. The summed E-state index contributed by atoms with van der Waals surface area (Å²) >= 11 is 0. The molecule has 0 aliphatic heterocycles. The monoisotopic (exact) mass is 276 g/mol. The zero-order chi connectivity index (χ0) is 14.2. The smallest absolute Gasteiger partial charge is 0.374 e. The molecule has 4 heteroatoms. The molecular formula is C14H32O3Si. The maximum absolute atomic E-state index is 6.00. The topological polar surface area (TPSA) is 27.7 Å². The summed E-state index contributed by atoms with van der Waals surface area (Å²) in [5.41, 5.74) is 0.491. The third-order valence-electron chi connectivity index (χ3n) is 3.63. The van der Waals surface area contributed by atoms with Crippen molar-refractivity contribution in [2.75, 3.05) is 19.8 Å². The molecule has 0 saturated carbocycles. The Balaban J connectivity index is 5.12. The van der Waals surface area contributed by atoms with Gasteiger partial charge in [-0.1, -0.05) is 34.1 Å². The molecule has 18 heavy (non-hydrogen) atoms. The Morgan fingerprint density at radius 1 is 0.889 bits per heavy atom. The molecule has 0 radical (unpaired) electrons. The van der Waals surface area contributed by atoms with E-state index in [1.165, 1.54) is 6.42 Å². The van der Waals surface area contributed by atoms with Crippen molar-refractivity contribution in [2.24, 2.45) is 5.41 Å². The van der Waals surface area contributed by atoms with E-state index in [1.807, 2.05) is 20.8 Å². The Bertz CT molecular complexity index is 202. The molecule has 0 rings (SSSR count). The van der Waals surface area contributed by atoms with Crippen LogP contribution in [0.3, 0.4) is 0 Å². The van der Waals surface area contributed by atoms with Crippen molar-refractivity contribution in [1.82, 2.24) is 0 Å². The second-order valence-electron chi connectivity index (χ2n) is 5.36. The van der Waals surface area contributed by atoms with Crippen molar-refractivity contribution in [3.05, 3.63) is 0 Å². The van der Waals surface area contributed by atoms with E-state index in [1.54, 1.807) is 0 Å². The van der Waals surface area contributed by atoms with Crippen LogP contribution in [0.2, 0.25) is 5.54 Å². The highest BCUT2D eigenvalue weighted by atomic mass is 28.4. The molecule has 0 aromatic carbocycles. The van der Waals surface area contributed by atoms with E-state index in [-0.39, 0.29) is 5.41 Å². The van der Waals surface area contributed by atoms with Crippen LogP contribution in [0.15, 0.2) is 0 Å². The fourth-order valence-electron chi connectivity index (χ4n) is 2.44. The van der Waals surface area contributed by atoms with E-state index < -0.39 is 8.80 Å².